The van der Waals surface area contributed by atoms with Crippen LogP contribution in [-0.4, -0.2) is 48.5 Å². The highest BCUT2D eigenvalue weighted by Gasteiger charge is 2.23. The minimum Gasteiger partial charge on any atom is -0.260 e. The van der Waals surface area contributed by atoms with E-state index in [2.05, 4.69) is 4.98 Å². The van der Waals surface area contributed by atoms with E-state index in [1.807, 2.05) is 6.07 Å². The van der Waals surface area contributed by atoms with E-state index in [0.717, 1.165) is 0 Å². The predicted octanol–water partition coefficient (Wildman–Crippen LogP) is 1.32. The summed E-state index contributed by atoms with van der Waals surface area (Å²) >= 11 is 5.56. The van der Waals surface area contributed by atoms with Crippen LogP contribution < -0.4 is 0 Å². The number of hydrogen-bond donors (Lipinski definition) is 0. The molecular formula is C11H18ClN3O2S. The zero-order valence-electron chi connectivity index (χ0n) is 10.6. The molecule has 1 aromatic heterocycles. The number of rotatable bonds is 7. The van der Waals surface area contributed by atoms with Crippen LogP contribution in [0.5, 0.6) is 0 Å². The molecule has 0 N–H and O–H groups in total. The van der Waals surface area contributed by atoms with Gasteiger partial charge in [0.1, 0.15) is 0 Å². The molecule has 18 heavy (non-hydrogen) atoms. The summed E-state index contributed by atoms with van der Waals surface area (Å²) in [5.74, 6) is 0.448. The second-order valence-corrected chi connectivity index (χ2v) is 6.47. The van der Waals surface area contributed by atoms with E-state index in [4.69, 9.17) is 11.6 Å². The van der Waals surface area contributed by atoms with Crippen LogP contribution in [0.2, 0.25) is 0 Å². The van der Waals surface area contributed by atoms with E-state index >= 15 is 0 Å². The summed E-state index contributed by atoms with van der Waals surface area (Å²) in [5, 5.41) is 0. The lowest BCUT2D eigenvalue weighted by Gasteiger charge is -2.23. The number of pyridine rings is 1. The average molecular weight is 292 g/mol. The molecule has 0 atom stereocenters. The second kappa shape index (κ2) is 7.04. The fourth-order valence-corrected chi connectivity index (χ4v) is 2.69. The van der Waals surface area contributed by atoms with Gasteiger partial charge < -0.3 is 0 Å². The van der Waals surface area contributed by atoms with Crippen molar-refractivity contribution in [2.75, 3.05) is 26.5 Å². The molecule has 102 valence electrons. The molecule has 0 saturated heterocycles. The Morgan fingerprint density at radius 2 is 2.00 bits per heavy atom. The van der Waals surface area contributed by atoms with Crippen LogP contribution in [0.15, 0.2) is 24.4 Å². The van der Waals surface area contributed by atoms with Crippen molar-refractivity contribution < 1.29 is 8.42 Å². The molecule has 0 aliphatic carbocycles. The van der Waals surface area contributed by atoms with Gasteiger partial charge in [0, 0.05) is 32.7 Å². The number of hydrogen-bond acceptors (Lipinski definition) is 3. The summed E-state index contributed by atoms with van der Waals surface area (Å²) < 4.78 is 26.8. The Bertz CT molecular complexity index is 453. The van der Waals surface area contributed by atoms with Gasteiger partial charge in [-0.3, -0.25) is 4.98 Å². The van der Waals surface area contributed by atoms with Crippen molar-refractivity contribution in [3.8, 4) is 0 Å². The molecule has 5 nitrogen and oxygen atoms in total. The average Bonchev–Trinajstić information content (AvgIpc) is 2.36. The quantitative estimate of drug-likeness (QED) is 0.712. The first-order valence-corrected chi connectivity index (χ1v) is 7.55. The van der Waals surface area contributed by atoms with Gasteiger partial charge in [0.15, 0.2) is 0 Å². The van der Waals surface area contributed by atoms with Crippen LogP contribution in [0.4, 0.5) is 0 Å². The maximum atomic E-state index is 12.1. The SMILES string of the molecule is CN(CCCCl)S(=O)(=O)N(C)Cc1ccccn1. The molecule has 1 heterocycles. The van der Waals surface area contributed by atoms with Crippen LogP contribution >= 0.6 is 11.6 Å². The van der Waals surface area contributed by atoms with E-state index in [-0.39, 0.29) is 6.54 Å². The Labute approximate surface area is 114 Å². The Kier molecular flexibility index (Phi) is 6.01. The standard InChI is InChI=1S/C11H18ClN3O2S/c1-14(9-5-7-12)18(16,17)15(2)10-11-6-3-4-8-13-11/h3-4,6,8H,5,7,9-10H2,1-2H3. The van der Waals surface area contributed by atoms with E-state index in [1.54, 1.807) is 32.4 Å². The third kappa shape index (κ3) is 4.20. The molecule has 0 spiro atoms. The minimum atomic E-state index is -3.44. The Morgan fingerprint density at radius 1 is 1.28 bits per heavy atom. The highest BCUT2D eigenvalue weighted by Crippen LogP contribution is 2.09. The monoisotopic (exact) mass is 291 g/mol. The molecule has 0 saturated carbocycles. The maximum absolute atomic E-state index is 12.1. The fraction of sp³-hybridized carbons (Fsp3) is 0.545. The summed E-state index contributed by atoms with van der Waals surface area (Å²) in [7, 11) is -0.346. The lowest BCUT2D eigenvalue weighted by Crippen LogP contribution is -2.39. The third-order valence-electron chi connectivity index (χ3n) is 2.51. The molecule has 0 fully saturated rings. The maximum Gasteiger partial charge on any atom is 0.281 e. The highest BCUT2D eigenvalue weighted by molar-refractivity contribution is 7.86. The molecule has 0 aromatic carbocycles. The molecule has 0 aliphatic heterocycles. The lowest BCUT2D eigenvalue weighted by atomic mass is 10.3. The lowest BCUT2D eigenvalue weighted by molar-refractivity contribution is 0.387. The largest absolute Gasteiger partial charge is 0.281 e. The smallest absolute Gasteiger partial charge is 0.260 e. The molecule has 0 radical (unpaired) electrons. The minimum absolute atomic E-state index is 0.258. The van der Waals surface area contributed by atoms with Gasteiger partial charge in [-0.15, -0.1) is 11.6 Å². The predicted molar refractivity (Wildman–Crippen MR) is 72.6 cm³/mol. The van der Waals surface area contributed by atoms with Gasteiger partial charge in [0.25, 0.3) is 10.2 Å². The van der Waals surface area contributed by atoms with E-state index < -0.39 is 10.2 Å². The van der Waals surface area contributed by atoms with Crippen LogP contribution in [0.3, 0.4) is 0 Å². The van der Waals surface area contributed by atoms with Gasteiger partial charge in [-0.2, -0.15) is 17.0 Å². The van der Waals surface area contributed by atoms with Crippen LogP contribution in [0, 0.1) is 0 Å². The van der Waals surface area contributed by atoms with Crippen molar-refractivity contribution in [2.24, 2.45) is 0 Å². The topological polar surface area (TPSA) is 53.5 Å². The third-order valence-corrected chi connectivity index (χ3v) is 4.66. The van der Waals surface area contributed by atoms with Crippen molar-refractivity contribution in [1.82, 2.24) is 13.6 Å². The molecule has 0 unspecified atom stereocenters. The number of aromatic nitrogens is 1. The van der Waals surface area contributed by atoms with Gasteiger partial charge in [0.2, 0.25) is 0 Å². The first kappa shape index (κ1) is 15.4. The summed E-state index contributed by atoms with van der Waals surface area (Å²) in [6.07, 6.45) is 2.28. The Hall–Kier alpha value is -0.690. The molecule has 7 heteroatoms. The summed E-state index contributed by atoms with van der Waals surface area (Å²) in [6, 6.07) is 5.43. The van der Waals surface area contributed by atoms with E-state index in [9.17, 15) is 8.42 Å². The normalized spacial score (nSPS) is 12.3. The van der Waals surface area contributed by atoms with Gasteiger partial charge in [0.05, 0.1) is 12.2 Å². The van der Waals surface area contributed by atoms with Gasteiger partial charge in [-0.25, -0.2) is 0 Å². The van der Waals surface area contributed by atoms with E-state index in [1.165, 1.54) is 8.61 Å². The number of nitrogens with zero attached hydrogens (tertiary/aromatic N) is 3. The molecule has 1 aromatic rings. The first-order valence-electron chi connectivity index (χ1n) is 5.62. The zero-order valence-corrected chi connectivity index (χ0v) is 12.2. The van der Waals surface area contributed by atoms with Gasteiger partial charge in [-0.1, -0.05) is 6.07 Å². The van der Waals surface area contributed by atoms with Gasteiger partial charge >= 0.3 is 0 Å². The Morgan fingerprint density at radius 3 is 2.56 bits per heavy atom. The van der Waals surface area contributed by atoms with Crippen molar-refractivity contribution in [2.45, 2.75) is 13.0 Å². The van der Waals surface area contributed by atoms with Crippen molar-refractivity contribution in [1.29, 1.82) is 0 Å². The zero-order chi connectivity index (χ0) is 13.6. The Balaban J connectivity index is 2.67. The van der Waals surface area contributed by atoms with Crippen LogP contribution in [0.25, 0.3) is 0 Å². The van der Waals surface area contributed by atoms with Crippen molar-refractivity contribution >= 4 is 21.8 Å². The second-order valence-electron chi connectivity index (χ2n) is 3.95. The summed E-state index contributed by atoms with van der Waals surface area (Å²) in [6.45, 7) is 0.673. The van der Waals surface area contributed by atoms with Gasteiger partial charge in [-0.05, 0) is 18.6 Å². The highest BCUT2D eigenvalue weighted by atomic mass is 35.5. The molecule has 0 amide bonds. The van der Waals surface area contributed by atoms with Crippen molar-refractivity contribution in [3.63, 3.8) is 0 Å². The number of alkyl halides is 1. The first-order chi connectivity index (χ1) is 8.48. The molecule has 0 aliphatic rings. The summed E-state index contributed by atoms with van der Waals surface area (Å²) in [4.78, 5) is 4.11. The fourth-order valence-electron chi connectivity index (χ4n) is 1.44. The van der Waals surface area contributed by atoms with E-state index in [0.29, 0.717) is 24.5 Å². The molecule has 0 bridgehead atoms. The van der Waals surface area contributed by atoms with Crippen LogP contribution in [0.1, 0.15) is 12.1 Å². The van der Waals surface area contributed by atoms with Crippen molar-refractivity contribution in [3.05, 3.63) is 30.1 Å². The van der Waals surface area contributed by atoms with Crippen LogP contribution in [-0.2, 0) is 16.8 Å². The summed E-state index contributed by atoms with van der Waals surface area (Å²) in [5.41, 5.74) is 0.717. The molecule has 1 rings (SSSR count). The molecular weight excluding hydrogens is 274 g/mol. The number of halogens is 1.